The molecule has 0 spiro atoms. The van der Waals surface area contributed by atoms with Crippen LogP contribution in [-0.4, -0.2) is 36.8 Å². The van der Waals surface area contributed by atoms with Crippen molar-refractivity contribution >= 4 is 22.4 Å². The molecule has 2 fully saturated rings. The second-order valence-corrected chi connectivity index (χ2v) is 11.7. The summed E-state index contributed by atoms with van der Waals surface area (Å²) in [7, 11) is 1.73. The number of carbonyl (C=O) groups is 1. The van der Waals surface area contributed by atoms with E-state index in [1.165, 1.54) is 71.0 Å². The van der Waals surface area contributed by atoms with Crippen molar-refractivity contribution in [2.45, 2.75) is 83.2 Å². The van der Waals surface area contributed by atoms with Gasteiger partial charge in [0.15, 0.2) is 0 Å². The van der Waals surface area contributed by atoms with Crippen LogP contribution in [0.4, 0.5) is 0 Å². The molecular weight excluding hydrogens is 484 g/mol. The number of carbonyl (C=O) groups excluding carboxylic acids is 1. The Morgan fingerprint density at radius 1 is 1.08 bits per heavy atom. The molecular formula is C34H42N2O3. The molecule has 1 unspecified atom stereocenters. The van der Waals surface area contributed by atoms with Crippen LogP contribution in [0.15, 0.2) is 43.0 Å². The molecule has 1 aromatic heterocycles. The van der Waals surface area contributed by atoms with Gasteiger partial charge in [0, 0.05) is 42.1 Å². The Hall–Kier alpha value is -3.05. The molecule has 3 heterocycles. The SMILES string of the molecule is C=C(CC)c1ccc2c(C3CCCCC3)c3n(c2c1)CC(NC(=O)C1CCOCC1)Cc1cc(OC)ccc1-3. The highest BCUT2D eigenvalue weighted by Crippen LogP contribution is 2.47. The summed E-state index contributed by atoms with van der Waals surface area (Å²) < 4.78 is 13.7. The molecule has 1 N–H and O–H groups in total. The molecule has 0 radical (unpaired) electrons. The zero-order valence-corrected chi connectivity index (χ0v) is 23.6. The van der Waals surface area contributed by atoms with Crippen LogP contribution in [0.3, 0.4) is 0 Å². The standard InChI is InChI=1S/C34H42N2O3/c1-4-22(2)25-10-12-30-31(20-25)36-21-27(35-34(37)24-14-16-39-17-15-24)18-26-19-28(38-3)11-13-29(26)33(36)32(30)23-8-6-5-7-9-23/h10-13,19-20,23-24,27H,2,4-9,14-18,21H2,1,3H3,(H,35,37). The summed E-state index contributed by atoms with van der Waals surface area (Å²) in [6, 6.07) is 13.5. The number of amides is 1. The van der Waals surface area contributed by atoms with Crippen LogP contribution in [-0.2, 0) is 22.5 Å². The summed E-state index contributed by atoms with van der Waals surface area (Å²) in [4.78, 5) is 13.4. The van der Waals surface area contributed by atoms with Crippen molar-refractivity contribution in [1.82, 2.24) is 9.88 Å². The van der Waals surface area contributed by atoms with Gasteiger partial charge < -0.3 is 19.4 Å². The predicted octanol–water partition coefficient (Wildman–Crippen LogP) is 7.26. The molecule has 1 aliphatic carbocycles. The van der Waals surface area contributed by atoms with Crippen molar-refractivity contribution in [2.75, 3.05) is 20.3 Å². The first-order valence-corrected chi connectivity index (χ1v) is 15.0. The Labute approximate surface area is 232 Å². The highest BCUT2D eigenvalue weighted by molar-refractivity contribution is 5.95. The van der Waals surface area contributed by atoms with Crippen molar-refractivity contribution in [2.24, 2.45) is 5.92 Å². The third-order valence-electron chi connectivity index (χ3n) is 9.33. The van der Waals surface area contributed by atoms with Gasteiger partial charge in [-0.05, 0) is 91.0 Å². The van der Waals surface area contributed by atoms with Gasteiger partial charge in [-0.3, -0.25) is 4.79 Å². The first kappa shape index (κ1) is 26.2. The largest absolute Gasteiger partial charge is 0.497 e. The molecule has 206 valence electrons. The van der Waals surface area contributed by atoms with Crippen LogP contribution >= 0.6 is 0 Å². The monoisotopic (exact) mass is 526 g/mol. The Morgan fingerprint density at radius 3 is 2.62 bits per heavy atom. The van der Waals surface area contributed by atoms with E-state index in [1.807, 2.05) is 0 Å². The number of hydrogen-bond donors (Lipinski definition) is 1. The fourth-order valence-corrected chi connectivity index (χ4v) is 7.11. The molecule has 3 aromatic rings. The molecule has 1 saturated heterocycles. The van der Waals surface area contributed by atoms with Gasteiger partial charge in [0.05, 0.1) is 18.8 Å². The predicted molar refractivity (Wildman–Crippen MR) is 158 cm³/mol. The van der Waals surface area contributed by atoms with Crippen LogP contribution in [0.25, 0.3) is 27.7 Å². The number of allylic oxidation sites excluding steroid dienone is 1. The third kappa shape index (κ3) is 5.02. The van der Waals surface area contributed by atoms with Crippen LogP contribution in [0.5, 0.6) is 5.75 Å². The lowest BCUT2D eigenvalue weighted by atomic mass is 9.81. The van der Waals surface area contributed by atoms with Gasteiger partial charge in [-0.1, -0.05) is 44.9 Å². The molecule has 1 atom stereocenters. The molecule has 5 nitrogen and oxygen atoms in total. The maximum absolute atomic E-state index is 13.4. The van der Waals surface area contributed by atoms with E-state index in [4.69, 9.17) is 9.47 Å². The van der Waals surface area contributed by atoms with Crippen molar-refractivity contribution in [1.29, 1.82) is 0 Å². The van der Waals surface area contributed by atoms with Gasteiger partial charge in [0.25, 0.3) is 0 Å². The molecule has 3 aliphatic rings. The minimum atomic E-state index is 0.000268. The van der Waals surface area contributed by atoms with Gasteiger partial charge in [0.1, 0.15) is 5.75 Å². The summed E-state index contributed by atoms with van der Waals surface area (Å²) >= 11 is 0. The molecule has 2 aromatic carbocycles. The van der Waals surface area contributed by atoms with E-state index in [0.29, 0.717) is 19.1 Å². The lowest BCUT2D eigenvalue weighted by molar-refractivity contribution is -0.128. The Morgan fingerprint density at radius 2 is 1.87 bits per heavy atom. The number of benzene rings is 2. The van der Waals surface area contributed by atoms with E-state index in [0.717, 1.165) is 43.6 Å². The molecule has 39 heavy (non-hydrogen) atoms. The maximum Gasteiger partial charge on any atom is 0.223 e. The fourth-order valence-electron chi connectivity index (χ4n) is 7.11. The Balaban J connectivity index is 1.52. The molecule has 5 heteroatoms. The minimum Gasteiger partial charge on any atom is -0.497 e. The zero-order chi connectivity index (χ0) is 26.9. The number of aromatic nitrogens is 1. The summed E-state index contributed by atoms with van der Waals surface area (Å²) in [5.41, 5.74) is 9.02. The van der Waals surface area contributed by atoms with Crippen LogP contribution in [0.1, 0.15) is 80.9 Å². The molecule has 2 aliphatic heterocycles. The number of methoxy groups -OCH3 is 1. The lowest BCUT2D eigenvalue weighted by Crippen LogP contribution is -2.43. The van der Waals surface area contributed by atoms with Gasteiger partial charge in [-0.15, -0.1) is 0 Å². The summed E-state index contributed by atoms with van der Waals surface area (Å²) in [5.74, 6) is 1.62. The van der Waals surface area contributed by atoms with Crippen molar-refractivity contribution in [3.05, 3.63) is 59.7 Å². The van der Waals surface area contributed by atoms with Crippen LogP contribution < -0.4 is 10.1 Å². The molecule has 1 saturated carbocycles. The van der Waals surface area contributed by atoms with Gasteiger partial charge in [-0.2, -0.15) is 0 Å². The minimum absolute atomic E-state index is 0.000268. The van der Waals surface area contributed by atoms with Crippen molar-refractivity contribution in [3.8, 4) is 17.0 Å². The molecule has 6 rings (SSSR count). The Kier molecular flexibility index (Phi) is 7.53. The van der Waals surface area contributed by atoms with E-state index in [9.17, 15) is 4.79 Å². The van der Waals surface area contributed by atoms with Gasteiger partial charge >= 0.3 is 0 Å². The number of fused-ring (bicyclic) bond motifs is 5. The van der Waals surface area contributed by atoms with Crippen molar-refractivity contribution < 1.29 is 14.3 Å². The number of hydrogen-bond acceptors (Lipinski definition) is 3. The van der Waals surface area contributed by atoms with E-state index in [2.05, 4.69) is 59.8 Å². The maximum atomic E-state index is 13.4. The summed E-state index contributed by atoms with van der Waals surface area (Å²) in [5, 5.41) is 4.84. The normalized spacial score (nSPS) is 20.2. The quantitative estimate of drug-likeness (QED) is 0.368. The lowest BCUT2D eigenvalue weighted by Gasteiger charge is -2.25. The molecule has 1 amide bonds. The second kappa shape index (κ2) is 11.2. The van der Waals surface area contributed by atoms with E-state index >= 15 is 0 Å². The average molecular weight is 527 g/mol. The second-order valence-electron chi connectivity index (χ2n) is 11.7. The van der Waals surface area contributed by atoms with Gasteiger partial charge in [0.2, 0.25) is 5.91 Å². The van der Waals surface area contributed by atoms with E-state index < -0.39 is 0 Å². The van der Waals surface area contributed by atoms with E-state index in [1.54, 1.807) is 7.11 Å². The fraction of sp³-hybridized carbons (Fsp3) is 0.500. The highest BCUT2D eigenvalue weighted by Gasteiger charge is 2.32. The first-order chi connectivity index (χ1) is 19.1. The third-order valence-corrected chi connectivity index (χ3v) is 9.33. The molecule has 0 bridgehead atoms. The highest BCUT2D eigenvalue weighted by atomic mass is 16.5. The number of nitrogens with one attached hydrogen (secondary N) is 1. The number of ether oxygens (including phenoxy) is 2. The smallest absolute Gasteiger partial charge is 0.223 e. The summed E-state index contributed by atoms with van der Waals surface area (Å²) in [6.07, 6.45) is 9.72. The Bertz CT molecular complexity index is 1370. The topological polar surface area (TPSA) is 52.5 Å². The first-order valence-electron chi connectivity index (χ1n) is 15.0. The van der Waals surface area contributed by atoms with Gasteiger partial charge in [-0.25, -0.2) is 0 Å². The summed E-state index contributed by atoms with van der Waals surface area (Å²) in [6.45, 7) is 8.62. The average Bonchev–Trinajstić information content (AvgIpc) is 3.21. The van der Waals surface area contributed by atoms with Crippen LogP contribution in [0, 0.1) is 5.92 Å². The number of rotatable bonds is 6. The number of nitrogens with zero attached hydrogens (tertiary/aromatic N) is 1. The van der Waals surface area contributed by atoms with E-state index in [-0.39, 0.29) is 17.9 Å². The zero-order valence-electron chi connectivity index (χ0n) is 23.6. The van der Waals surface area contributed by atoms with Crippen LogP contribution in [0.2, 0.25) is 0 Å². The van der Waals surface area contributed by atoms with Crippen molar-refractivity contribution in [3.63, 3.8) is 0 Å².